The highest BCUT2D eigenvalue weighted by Crippen LogP contribution is 2.33. The highest BCUT2D eigenvalue weighted by molar-refractivity contribution is 6.29. The standard InChI is InChI=1S/C24H29ClN6O/c1-26-24(32)20-8-4-10-31(20)17-6-2-5-16(13-17)29-22-12-15(11-21(25)30-22)19-14-28-23-18(19)7-3-9-27-23/h3,7,9,11-12,14,16-17,20H,2,4-6,8,10,13H2,1H3,(H,26,32)(H,27,28)(H,29,30)/t16?,17?,20-/m0/s1. The van der Waals surface area contributed by atoms with E-state index in [4.69, 9.17) is 11.6 Å². The molecular weight excluding hydrogens is 424 g/mol. The van der Waals surface area contributed by atoms with Crippen LogP contribution in [-0.4, -0.2) is 57.5 Å². The van der Waals surface area contributed by atoms with Gasteiger partial charge < -0.3 is 15.6 Å². The van der Waals surface area contributed by atoms with Gasteiger partial charge in [-0.05, 0) is 74.9 Å². The smallest absolute Gasteiger partial charge is 0.237 e. The molecule has 3 N–H and O–H groups in total. The minimum Gasteiger partial charge on any atom is -0.367 e. The molecule has 168 valence electrons. The molecule has 4 heterocycles. The van der Waals surface area contributed by atoms with Crippen LogP contribution in [0.15, 0.2) is 36.7 Å². The number of nitrogens with one attached hydrogen (secondary N) is 3. The lowest BCUT2D eigenvalue weighted by atomic mass is 9.89. The average molecular weight is 453 g/mol. The van der Waals surface area contributed by atoms with E-state index in [-0.39, 0.29) is 11.9 Å². The molecule has 2 aliphatic rings. The van der Waals surface area contributed by atoms with Crippen LogP contribution < -0.4 is 10.6 Å². The molecule has 1 aliphatic carbocycles. The Morgan fingerprint density at radius 1 is 1.25 bits per heavy atom. The SMILES string of the molecule is CNC(=O)[C@@H]1CCCN1C1CCCC(Nc2cc(-c3c[nH]c4ncccc34)cc(Cl)n2)C1. The molecule has 3 aromatic heterocycles. The summed E-state index contributed by atoms with van der Waals surface area (Å²) in [5.41, 5.74) is 2.93. The second-order valence-electron chi connectivity index (χ2n) is 8.84. The molecule has 0 bridgehead atoms. The van der Waals surface area contributed by atoms with Crippen molar-refractivity contribution in [1.29, 1.82) is 0 Å². The van der Waals surface area contributed by atoms with E-state index in [1.165, 1.54) is 0 Å². The van der Waals surface area contributed by atoms with E-state index in [1.807, 2.05) is 18.3 Å². The van der Waals surface area contributed by atoms with Crippen LogP contribution in [0.2, 0.25) is 5.15 Å². The van der Waals surface area contributed by atoms with Crippen LogP contribution in [0, 0.1) is 0 Å². The summed E-state index contributed by atoms with van der Waals surface area (Å²) in [6.07, 6.45) is 10.2. The molecule has 2 fully saturated rings. The van der Waals surface area contributed by atoms with Crippen molar-refractivity contribution in [2.75, 3.05) is 18.9 Å². The van der Waals surface area contributed by atoms with Gasteiger partial charge in [-0.2, -0.15) is 0 Å². The van der Waals surface area contributed by atoms with Crippen LogP contribution in [0.25, 0.3) is 22.2 Å². The van der Waals surface area contributed by atoms with Gasteiger partial charge in [0.05, 0.1) is 6.04 Å². The van der Waals surface area contributed by atoms with Gasteiger partial charge in [0.1, 0.15) is 16.6 Å². The molecule has 1 saturated heterocycles. The number of hydrogen-bond donors (Lipinski definition) is 3. The topological polar surface area (TPSA) is 85.9 Å². The fourth-order valence-electron chi connectivity index (χ4n) is 5.40. The third kappa shape index (κ3) is 4.19. The van der Waals surface area contributed by atoms with Crippen LogP contribution in [-0.2, 0) is 4.79 Å². The molecule has 1 amide bonds. The Kier molecular flexibility index (Phi) is 6.02. The van der Waals surface area contributed by atoms with E-state index in [1.54, 1.807) is 13.2 Å². The van der Waals surface area contributed by atoms with Crippen LogP contribution in [0.3, 0.4) is 0 Å². The molecule has 7 nitrogen and oxygen atoms in total. The monoisotopic (exact) mass is 452 g/mol. The molecule has 2 unspecified atom stereocenters. The summed E-state index contributed by atoms with van der Waals surface area (Å²) in [4.78, 5) is 26.9. The number of pyridine rings is 2. The summed E-state index contributed by atoms with van der Waals surface area (Å²) in [5.74, 6) is 0.938. The van der Waals surface area contributed by atoms with E-state index < -0.39 is 0 Å². The molecule has 5 rings (SSSR count). The lowest BCUT2D eigenvalue weighted by Crippen LogP contribution is -2.49. The number of rotatable bonds is 5. The molecule has 0 spiro atoms. The van der Waals surface area contributed by atoms with Gasteiger partial charge in [0.25, 0.3) is 0 Å². The molecular formula is C24H29ClN6O. The quantitative estimate of drug-likeness (QED) is 0.505. The van der Waals surface area contributed by atoms with Crippen molar-refractivity contribution in [1.82, 2.24) is 25.2 Å². The predicted molar refractivity (Wildman–Crippen MR) is 128 cm³/mol. The molecule has 0 radical (unpaired) electrons. The number of likely N-dealkylation sites (tertiary alicyclic amines) is 1. The second kappa shape index (κ2) is 9.08. The fraction of sp³-hybridized carbons (Fsp3) is 0.458. The molecule has 1 aliphatic heterocycles. The molecule has 3 aromatic rings. The van der Waals surface area contributed by atoms with Gasteiger partial charge in [-0.25, -0.2) is 9.97 Å². The maximum Gasteiger partial charge on any atom is 0.237 e. The molecule has 32 heavy (non-hydrogen) atoms. The van der Waals surface area contributed by atoms with Gasteiger partial charge in [0.2, 0.25) is 5.91 Å². The molecule has 0 aromatic carbocycles. The second-order valence-corrected chi connectivity index (χ2v) is 9.22. The number of likely N-dealkylation sites (N-methyl/N-ethyl adjacent to an activating group) is 1. The zero-order chi connectivity index (χ0) is 22.1. The fourth-order valence-corrected chi connectivity index (χ4v) is 5.61. The summed E-state index contributed by atoms with van der Waals surface area (Å²) in [6.45, 7) is 1.00. The predicted octanol–water partition coefficient (Wildman–Crippen LogP) is 4.21. The number of hydrogen-bond acceptors (Lipinski definition) is 5. The lowest BCUT2D eigenvalue weighted by Gasteiger charge is -2.38. The highest BCUT2D eigenvalue weighted by Gasteiger charge is 2.37. The first-order chi connectivity index (χ1) is 15.6. The molecule has 8 heteroatoms. The number of amides is 1. The first kappa shape index (κ1) is 21.2. The van der Waals surface area contributed by atoms with E-state index in [2.05, 4.69) is 42.6 Å². The third-order valence-electron chi connectivity index (χ3n) is 6.87. The maximum atomic E-state index is 12.3. The largest absolute Gasteiger partial charge is 0.367 e. The zero-order valence-electron chi connectivity index (χ0n) is 18.3. The van der Waals surface area contributed by atoms with E-state index in [0.717, 1.165) is 73.0 Å². The Balaban J connectivity index is 1.33. The minimum absolute atomic E-state index is 0.00938. The van der Waals surface area contributed by atoms with E-state index in [0.29, 0.717) is 17.2 Å². The lowest BCUT2D eigenvalue weighted by molar-refractivity contribution is -0.125. The summed E-state index contributed by atoms with van der Waals surface area (Å²) in [7, 11) is 1.73. The number of nitrogens with zero attached hydrogens (tertiary/aromatic N) is 3. The number of anilines is 1. The number of H-pyrrole nitrogens is 1. The van der Waals surface area contributed by atoms with Crippen molar-refractivity contribution >= 4 is 34.4 Å². The van der Waals surface area contributed by atoms with Gasteiger partial charge in [-0.3, -0.25) is 9.69 Å². The first-order valence-corrected chi connectivity index (χ1v) is 11.8. The summed E-state index contributed by atoms with van der Waals surface area (Å²) in [6, 6.07) is 8.69. The van der Waals surface area contributed by atoms with Crippen LogP contribution in [0.5, 0.6) is 0 Å². The van der Waals surface area contributed by atoms with Crippen LogP contribution in [0.1, 0.15) is 38.5 Å². The van der Waals surface area contributed by atoms with Crippen LogP contribution >= 0.6 is 11.6 Å². The van der Waals surface area contributed by atoms with Crippen molar-refractivity contribution in [3.8, 4) is 11.1 Å². The number of carbonyl (C=O) groups is 1. The zero-order valence-corrected chi connectivity index (χ0v) is 19.0. The Morgan fingerprint density at radius 2 is 2.16 bits per heavy atom. The van der Waals surface area contributed by atoms with Crippen molar-refractivity contribution in [2.45, 2.75) is 56.7 Å². The highest BCUT2D eigenvalue weighted by atomic mass is 35.5. The summed E-state index contributed by atoms with van der Waals surface area (Å²) in [5, 5.41) is 8.00. The van der Waals surface area contributed by atoms with Crippen molar-refractivity contribution in [3.63, 3.8) is 0 Å². The van der Waals surface area contributed by atoms with Crippen molar-refractivity contribution in [2.24, 2.45) is 0 Å². The number of aromatic amines is 1. The van der Waals surface area contributed by atoms with Crippen molar-refractivity contribution < 1.29 is 4.79 Å². The van der Waals surface area contributed by atoms with Gasteiger partial charge in [-0.1, -0.05) is 11.6 Å². The number of fused-ring (bicyclic) bond motifs is 1. The summed E-state index contributed by atoms with van der Waals surface area (Å²) >= 11 is 6.41. The number of aromatic nitrogens is 3. The average Bonchev–Trinajstić information content (AvgIpc) is 3.46. The van der Waals surface area contributed by atoms with Gasteiger partial charge in [0, 0.05) is 42.5 Å². The minimum atomic E-state index is 0.00938. The van der Waals surface area contributed by atoms with Gasteiger partial charge in [-0.15, -0.1) is 0 Å². The Labute approximate surface area is 193 Å². The van der Waals surface area contributed by atoms with Crippen molar-refractivity contribution in [3.05, 3.63) is 41.8 Å². The van der Waals surface area contributed by atoms with Gasteiger partial charge in [0.15, 0.2) is 0 Å². The summed E-state index contributed by atoms with van der Waals surface area (Å²) < 4.78 is 0. The first-order valence-electron chi connectivity index (χ1n) is 11.5. The molecule has 3 atom stereocenters. The number of carbonyl (C=O) groups excluding carboxylic acids is 1. The maximum absolute atomic E-state index is 12.3. The number of halogens is 1. The molecule has 1 saturated carbocycles. The van der Waals surface area contributed by atoms with Gasteiger partial charge >= 0.3 is 0 Å². The third-order valence-corrected chi connectivity index (χ3v) is 7.06. The normalized spacial score (nSPS) is 24.0. The van der Waals surface area contributed by atoms with E-state index in [9.17, 15) is 4.79 Å². The Hall–Kier alpha value is -2.64. The van der Waals surface area contributed by atoms with Crippen LogP contribution in [0.4, 0.5) is 5.82 Å². The Morgan fingerprint density at radius 3 is 3.03 bits per heavy atom. The van der Waals surface area contributed by atoms with E-state index >= 15 is 0 Å². The Bertz CT molecular complexity index is 1110.